The summed E-state index contributed by atoms with van der Waals surface area (Å²) in [7, 11) is 0. The van der Waals surface area contributed by atoms with E-state index in [1.807, 2.05) is 6.92 Å². The fourth-order valence-corrected chi connectivity index (χ4v) is 4.92. The van der Waals surface area contributed by atoms with Gasteiger partial charge in [-0.3, -0.25) is 14.4 Å². The van der Waals surface area contributed by atoms with Gasteiger partial charge < -0.3 is 20.9 Å². The number of carbonyl (C=O) groups excluding carboxylic acids is 4. The first-order valence-corrected chi connectivity index (χ1v) is 11.9. The van der Waals surface area contributed by atoms with Gasteiger partial charge in [-0.15, -0.1) is 0 Å². The lowest BCUT2D eigenvalue weighted by molar-refractivity contribution is -0.160. The predicted octanol–water partition coefficient (Wildman–Crippen LogP) is 2.15. The largest absolute Gasteiger partial charge is 0.364 e. The lowest BCUT2D eigenvalue weighted by atomic mass is 9.85. The lowest BCUT2D eigenvalue weighted by Gasteiger charge is -2.26. The molecule has 0 spiro atoms. The average Bonchev–Trinajstić information content (AvgIpc) is 3.58. The molecule has 4 rings (SSSR count). The van der Waals surface area contributed by atoms with Gasteiger partial charge in [-0.25, -0.2) is 4.79 Å². The van der Waals surface area contributed by atoms with Crippen LogP contribution in [0, 0.1) is 29.1 Å². The topological polar surface area (TPSA) is 167 Å². The summed E-state index contributed by atoms with van der Waals surface area (Å²) >= 11 is 0. The molecule has 1 aromatic heterocycles. The van der Waals surface area contributed by atoms with E-state index in [0.29, 0.717) is 41.4 Å². The van der Waals surface area contributed by atoms with Crippen LogP contribution in [0.5, 0.6) is 0 Å². The molecular formula is C25H29N5O5. The Morgan fingerprint density at radius 1 is 1.29 bits per heavy atom. The van der Waals surface area contributed by atoms with Gasteiger partial charge in [0.15, 0.2) is 0 Å². The molecule has 1 aliphatic carbocycles. The minimum atomic E-state index is -0.845. The van der Waals surface area contributed by atoms with Gasteiger partial charge in [0.2, 0.25) is 5.91 Å². The van der Waals surface area contributed by atoms with Crippen molar-refractivity contribution in [3.8, 4) is 6.07 Å². The molecule has 3 atom stereocenters. The summed E-state index contributed by atoms with van der Waals surface area (Å²) in [5.74, 6) is -3.14. The number of nitrogens with two attached hydrogens (primary N) is 1. The Hall–Kier alpha value is -3.87. The Balaban J connectivity index is 1.53. The first kappa shape index (κ1) is 24.3. The average molecular weight is 480 g/mol. The number of nitrogens with zero attached hydrogens (tertiary/aromatic N) is 1. The van der Waals surface area contributed by atoms with Crippen molar-refractivity contribution in [2.24, 2.45) is 23.5 Å². The van der Waals surface area contributed by atoms with Crippen LogP contribution >= 0.6 is 0 Å². The van der Waals surface area contributed by atoms with Crippen molar-refractivity contribution >= 4 is 34.6 Å². The summed E-state index contributed by atoms with van der Waals surface area (Å²) in [6, 6.07) is 7.11. The summed E-state index contributed by atoms with van der Waals surface area (Å²) < 4.78 is 0. The number of benzene rings is 1. The predicted molar refractivity (Wildman–Crippen MR) is 125 cm³/mol. The highest BCUT2D eigenvalue weighted by atomic mass is 16.7. The maximum Gasteiger partial charge on any atom is 0.332 e. The first-order chi connectivity index (χ1) is 16.8. The molecule has 1 aliphatic heterocycles. The molecule has 2 aromatic rings. The lowest BCUT2D eigenvalue weighted by Crippen LogP contribution is -2.40. The number of aromatic amines is 1. The van der Waals surface area contributed by atoms with Crippen LogP contribution in [-0.4, -0.2) is 35.2 Å². The fourth-order valence-electron chi connectivity index (χ4n) is 4.92. The molecule has 2 aliphatic rings. The molecule has 2 fully saturated rings. The Bertz CT molecular complexity index is 1210. The van der Waals surface area contributed by atoms with Crippen molar-refractivity contribution in [3.05, 3.63) is 35.0 Å². The van der Waals surface area contributed by atoms with E-state index in [9.17, 15) is 24.4 Å². The third-order valence-electron chi connectivity index (χ3n) is 6.93. The van der Waals surface area contributed by atoms with Crippen LogP contribution in [0.4, 0.5) is 0 Å². The van der Waals surface area contributed by atoms with Gasteiger partial charge in [-0.1, -0.05) is 25.8 Å². The molecule has 1 saturated heterocycles. The summed E-state index contributed by atoms with van der Waals surface area (Å²) in [5, 5.41) is 12.9. The van der Waals surface area contributed by atoms with E-state index in [-0.39, 0.29) is 35.8 Å². The summed E-state index contributed by atoms with van der Waals surface area (Å²) in [6.07, 6.45) is 3.85. The second-order valence-corrected chi connectivity index (χ2v) is 9.51. The van der Waals surface area contributed by atoms with Crippen LogP contribution in [0.25, 0.3) is 10.9 Å². The van der Waals surface area contributed by atoms with Crippen LogP contribution in [0.3, 0.4) is 0 Å². The van der Waals surface area contributed by atoms with Crippen LogP contribution < -0.4 is 16.5 Å². The monoisotopic (exact) mass is 479 g/mol. The Morgan fingerprint density at radius 3 is 2.71 bits per heavy atom. The van der Waals surface area contributed by atoms with Gasteiger partial charge in [0.25, 0.3) is 11.8 Å². The molecule has 3 amide bonds. The van der Waals surface area contributed by atoms with E-state index < -0.39 is 23.7 Å². The van der Waals surface area contributed by atoms with Gasteiger partial charge in [0.05, 0.1) is 24.0 Å². The number of fused-ring (bicyclic) bond motifs is 1. The number of hydrogen-bond acceptors (Lipinski definition) is 6. The van der Waals surface area contributed by atoms with Gasteiger partial charge in [-0.05, 0) is 43.2 Å². The van der Waals surface area contributed by atoms with Crippen LogP contribution in [-0.2, 0) is 19.2 Å². The van der Waals surface area contributed by atoms with Crippen molar-refractivity contribution in [2.75, 3.05) is 6.54 Å². The fraction of sp³-hybridized carbons (Fsp3) is 0.480. The van der Waals surface area contributed by atoms with Crippen LogP contribution in [0.15, 0.2) is 18.2 Å². The number of carbonyl (C=O) groups is 4. The molecule has 1 unspecified atom stereocenters. The smallest absolute Gasteiger partial charge is 0.332 e. The highest BCUT2D eigenvalue weighted by Gasteiger charge is 2.36. The Morgan fingerprint density at radius 2 is 2.06 bits per heavy atom. The summed E-state index contributed by atoms with van der Waals surface area (Å²) in [6.45, 7) is 2.45. The number of nitrogens with one attached hydrogen (secondary N) is 3. The molecule has 10 nitrogen and oxygen atoms in total. The molecule has 5 N–H and O–H groups in total. The summed E-state index contributed by atoms with van der Waals surface area (Å²) in [5.41, 5.74) is 9.11. The SMILES string of the molecule is CC(CC(=O)ONC(=O)[C@@H](CC1CC1)c1c(C(N)=O)[nH]c2cccc(C#N)c12)[C@@H]1CCCNC1=O. The van der Waals surface area contributed by atoms with Crippen LogP contribution in [0.1, 0.15) is 73.0 Å². The molecule has 0 bridgehead atoms. The number of amides is 3. The first-order valence-electron chi connectivity index (χ1n) is 11.9. The number of rotatable bonds is 8. The number of nitriles is 1. The zero-order chi connectivity index (χ0) is 25.1. The van der Waals surface area contributed by atoms with E-state index in [1.165, 1.54) is 0 Å². The van der Waals surface area contributed by atoms with Crippen LogP contribution in [0.2, 0.25) is 0 Å². The zero-order valence-electron chi connectivity index (χ0n) is 19.6. The van der Waals surface area contributed by atoms with E-state index in [4.69, 9.17) is 10.6 Å². The zero-order valence-corrected chi connectivity index (χ0v) is 19.6. The van der Waals surface area contributed by atoms with Crippen molar-refractivity contribution < 1.29 is 24.0 Å². The van der Waals surface area contributed by atoms with Gasteiger partial charge >= 0.3 is 5.97 Å². The van der Waals surface area contributed by atoms with E-state index in [1.54, 1.807) is 18.2 Å². The standard InChI is InChI=1S/C25H29N5O5/c1-13(16-5-3-9-28-24(16)33)10-19(31)35-30-25(34)17(11-14-7-8-14)21-20-15(12-26)4-2-6-18(20)29-22(21)23(27)32/h2,4,6,13-14,16-17,29H,3,5,7-11H2,1H3,(H2,27,32)(H,28,33)(H,30,34)/t13?,16-,17-/m0/s1. The molecule has 1 saturated carbocycles. The third kappa shape index (κ3) is 5.29. The number of primary amides is 1. The highest BCUT2D eigenvalue weighted by molar-refractivity contribution is 6.05. The number of hydrogen-bond donors (Lipinski definition) is 4. The van der Waals surface area contributed by atoms with Gasteiger partial charge in [0.1, 0.15) is 5.69 Å². The molecular weight excluding hydrogens is 450 g/mol. The van der Waals surface area contributed by atoms with Crippen molar-refractivity contribution in [2.45, 2.75) is 51.4 Å². The van der Waals surface area contributed by atoms with E-state index in [2.05, 4.69) is 21.9 Å². The molecule has 35 heavy (non-hydrogen) atoms. The molecule has 0 radical (unpaired) electrons. The van der Waals surface area contributed by atoms with Crippen molar-refractivity contribution in [1.29, 1.82) is 5.26 Å². The molecule has 184 valence electrons. The molecule has 1 aromatic carbocycles. The minimum absolute atomic E-state index is 0.0239. The van der Waals surface area contributed by atoms with Gasteiger partial charge in [0, 0.05) is 28.9 Å². The summed E-state index contributed by atoms with van der Waals surface area (Å²) in [4.78, 5) is 58.1. The quantitative estimate of drug-likeness (QED) is 0.423. The molecule has 10 heteroatoms. The number of hydroxylamine groups is 1. The van der Waals surface area contributed by atoms with E-state index in [0.717, 1.165) is 19.3 Å². The second kappa shape index (κ2) is 10.2. The number of aromatic nitrogens is 1. The highest BCUT2D eigenvalue weighted by Crippen LogP contribution is 2.42. The van der Waals surface area contributed by atoms with Gasteiger partial charge in [-0.2, -0.15) is 10.7 Å². The van der Waals surface area contributed by atoms with Crippen molar-refractivity contribution in [1.82, 2.24) is 15.8 Å². The number of piperidine rings is 1. The van der Waals surface area contributed by atoms with Crippen molar-refractivity contribution in [3.63, 3.8) is 0 Å². The molecule has 2 heterocycles. The third-order valence-corrected chi connectivity index (χ3v) is 6.93. The maximum atomic E-state index is 13.3. The maximum absolute atomic E-state index is 13.3. The Labute approximate surface area is 202 Å². The Kier molecular flexibility index (Phi) is 7.05. The second-order valence-electron chi connectivity index (χ2n) is 9.51. The van der Waals surface area contributed by atoms with E-state index >= 15 is 0 Å². The normalized spacial score (nSPS) is 19.3. The minimum Gasteiger partial charge on any atom is -0.364 e. The number of H-pyrrole nitrogens is 1.